The first kappa shape index (κ1) is 16.0. The van der Waals surface area contributed by atoms with Crippen LogP contribution in [-0.2, 0) is 0 Å². The van der Waals surface area contributed by atoms with Crippen molar-refractivity contribution in [1.82, 2.24) is 25.2 Å². The molecule has 23 heavy (non-hydrogen) atoms. The molecule has 0 atom stereocenters. The maximum absolute atomic E-state index is 12.9. The lowest BCUT2D eigenvalue weighted by molar-refractivity contribution is 0.0637. The Morgan fingerprint density at radius 1 is 1.39 bits per heavy atom. The molecule has 1 saturated heterocycles. The van der Waals surface area contributed by atoms with Gasteiger partial charge < -0.3 is 10.2 Å². The minimum atomic E-state index is 0.0325. The number of carbonyl (C=O) groups excluding carboxylic acids is 1. The molecule has 3 rings (SSSR count). The van der Waals surface area contributed by atoms with Crippen LogP contribution in [0.5, 0.6) is 0 Å². The number of aromatic nitrogens is 3. The van der Waals surface area contributed by atoms with E-state index < -0.39 is 0 Å². The number of hydrogen-bond donors (Lipinski definition) is 1. The van der Waals surface area contributed by atoms with Crippen LogP contribution >= 0.6 is 11.3 Å². The van der Waals surface area contributed by atoms with E-state index in [0.29, 0.717) is 17.4 Å². The van der Waals surface area contributed by atoms with Crippen LogP contribution in [-0.4, -0.2) is 51.4 Å². The van der Waals surface area contributed by atoms with Crippen LogP contribution in [0.15, 0.2) is 24.0 Å². The van der Waals surface area contributed by atoms with E-state index in [1.807, 2.05) is 10.3 Å². The fourth-order valence-electron chi connectivity index (χ4n) is 2.86. The Morgan fingerprint density at radius 3 is 2.91 bits per heavy atom. The van der Waals surface area contributed by atoms with Crippen molar-refractivity contribution in [2.45, 2.75) is 32.2 Å². The molecular formula is C16H21N5OS. The van der Waals surface area contributed by atoms with E-state index in [1.54, 1.807) is 18.6 Å². The molecule has 7 heteroatoms. The highest BCUT2D eigenvalue weighted by atomic mass is 32.1. The van der Waals surface area contributed by atoms with E-state index in [1.165, 1.54) is 11.3 Å². The molecule has 0 aromatic carbocycles. The number of thiazole rings is 1. The molecule has 1 N–H and O–H groups in total. The second-order valence-electron chi connectivity index (χ2n) is 5.61. The summed E-state index contributed by atoms with van der Waals surface area (Å²) in [6.45, 7) is 4.83. The Balaban J connectivity index is 1.78. The standard InChI is InChI=1S/C16H21N5OS/c1-2-9-21(12-3-5-17-6-4-12)16(22)14-11-23-15(20-14)13-10-18-7-8-19-13/h7-8,10-12,17H,2-6,9H2,1H3. The van der Waals surface area contributed by atoms with Crippen LogP contribution in [0, 0.1) is 0 Å². The van der Waals surface area contributed by atoms with Crippen LogP contribution < -0.4 is 5.32 Å². The molecule has 6 nitrogen and oxygen atoms in total. The molecule has 0 spiro atoms. The summed E-state index contributed by atoms with van der Waals surface area (Å²) in [5.74, 6) is 0.0325. The van der Waals surface area contributed by atoms with Gasteiger partial charge in [-0.2, -0.15) is 0 Å². The van der Waals surface area contributed by atoms with Gasteiger partial charge in [-0.25, -0.2) is 4.98 Å². The van der Waals surface area contributed by atoms with Gasteiger partial charge in [-0.05, 0) is 32.4 Å². The Morgan fingerprint density at radius 2 is 2.22 bits per heavy atom. The molecule has 2 aromatic rings. The van der Waals surface area contributed by atoms with Crippen molar-refractivity contribution in [2.24, 2.45) is 0 Å². The quantitative estimate of drug-likeness (QED) is 0.909. The number of piperidine rings is 1. The molecule has 1 aliphatic rings. The zero-order valence-corrected chi connectivity index (χ0v) is 14.1. The van der Waals surface area contributed by atoms with Gasteiger partial charge in [0.2, 0.25) is 0 Å². The zero-order valence-electron chi connectivity index (χ0n) is 13.2. The molecule has 2 aromatic heterocycles. The maximum Gasteiger partial charge on any atom is 0.273 e. The summed E-state index contributed by atoms with van der Waals surface area (Å²) >= 11 is 1.44. The number of nitrogens with zero attached hydrogens (tertiary/aromatic N) is 4. The van der Waals surface area contributed by atoms with E-state index in [-0.39, 0.29) is 5.91 Å². The molecule has 1 amide bonds. The van der Waals surface area contributed by atoms with Crippen molar-refractivity contribution in [3.63, 3.8) is 0 Å². The van der Waals surface area contributed by atoms with E-state index in [2.05, 4.69) is 27.2 Å². The first-order valence-corrected chi connectivity index (χ1v) is 8.91. The molecule has 0 radical (unpaired) electrons. The first-order chi connectivity index (χ1) is 11.3. The maximum atomic E-state index is 12.9. The average molecular weight is 331 g/mol. The van der Waals surface area contributed by atoms with E-state index >= 15 is 0 Å². The molecule has 1 aliphatic heterocycles. The van der Waals surface area contributed by atoms with Crippen LogP contribution in [0.4, 0.5) is 0 Å². The Hall–Kier alpha value is -1.86. The van der Waals surface area contributed by atoms with Gasteiger partial charge in [0.15, 0.2) is 0 Å². The van der Waals surface area contributed by atoms with Crippen molar-refractivity contribution in [3.8, 4) is 10.7 Å². The summed E-state index contributed by atoms with van der Waals surface area (Å²) in [7, 11) is 0. The predicted molar refractivity (Wildman–Crippen MR) is 90.4 cm³/mol. The number of hydrogen-bond acceptors (Lipinski definition) is 6. The van der Waals surface area contributed by atoms with Crippen LogP contribution in [0.3, 0.4) is 0 Å². The van der Waals surface area contributed by atoms with E-state index in [0.717, 1.165) is 43.9 Å². The fourth-order valence-corrected chi connectivity index (χ4v) is 3.61. The highest BCUT2D eigenvalue weighted by Crippen LogP contribution is 2.23. The molecule has 0 saturated carbocycles. The minimum Gasteiger partial charge on any atom is -0.334 e. The number of amides is 1. The Kier molecular flexibility index (Phi) is 5.30. The second kappa shape index (κ2) is 7.61. The smallest absolute Gasteiger partial charge is 0.273 e. The molecule has 3 heterocycles. The summed E-state index contributed by atoms with van der Waals surface area (Å²) in [5.41, 5.74) is 1.23. The highest BCUT2D eigenvalue weighted by Gasteiger charge is 2.27. The van der Waals surface area contributed by atoms with Gasteiger partial charge in [0, 0.05) is 30.4 Å². The zero-order chi connectivity index (χ0) is 16.1. The molecule has 1 fully saturated rings. The lowest BCUT2D eigenvalue weighted by atomic mass is 10.0. The van der Waals surface area contributed by atoms with Crippen molar-refractivity contribution >= 4 is 17.2 Å². The normalized spacial score (nSPS) is 15.5. The average Bonchev–Trinajstić information content (AvgIpc) is 3.11. The number of rotatable bonds is 5. The second-order valence-corrected chi connectivity index (χ2v) is 6.47. The van der Waals surface area contributed by atoms with Gasteiger partial charge in [0.25, 0.3) is 5.91 Å². The van der Waals surface area contributed by atoms with Crippen LogP contribution in [0.25, 0.3) is 10.7 Å². The molecule has 0 unspecified atom stereocenters. The van der Waals surface area contributed by atoms with Gasteiger partial charge in [-0.15, -0.1) is 11.3 Å². The van der Waals surface area contributed by atoms with Crippen molar-refractivity contribution in [2.75, 3.05) is 19.6 Å². The first-order valence-electron chi connectivity index (χ1n) is 8.03. The third-order valence-corrected chi connectivity index (χ3v) is 4.85. The lowest BCUT2D eigenvalue weighted by Crippen LogP contribution is -2.46. The van der Waals surface area contributed by atoms with E-state index in [9.17, 15) is 4.79 Å². The number of nitrogens with one attached hydrogen (secondary N) is 1. The molecule has 0 bridgehead atoms. The third-order valence-electron chi connectivity index (χ3n) is 3.98. The van der Waals surface area contributed by atoms with Crippen LogP contribution in [0.1, 0.15) is 36.7 Å². The van der Waals surface area contributed by atoms with Gasteiger partial charge in [0.05, 0.1) is 6.20 Å². The Labute approximate surface area is 140 Å². The topological polar surface area (TPSA) is 71.0 Å². The van der Waals surface area contributed by atoms with Gasteiger partial charge in [-0.3, -0.25) is 14.8 Å². The lowest BCUT2D eigenvalue weighted by Gasteiger charge is -2.34. The predicted octanol–water partition coefficient (Wildman–Crippen LogP) is 2.20. The highest BCUT2D eigenvalue weighted by molar-refractivity contribution is 7.13. The Bertz CT molecular complexity index is 639. The number of carbonyl (C=O) groups is 1. The third kappa shape index (κ3) is 3.73. The minimum absolute atomic E-state index is 0.0325. The summed E-state index contributed by atoms with van der Waals surface area (Å²) < 4.78 is 0. The van der Waals surface area contributed by atoms with Gasteiger partial charge in [-0.1, -0.05) is 6.92 Å². The molecular weight excluding hydrogens is 310 g/mol. The van der Waals surface area contributed by atoms with Gasteiger partial charge >= 0.3 is 0 Å². The molecule has 122 valence electrons. The summed E-state index contributed by atoms with van der Waals surface area (Å²) in [5, 5.41) is 5.92. The fraction of sp³-hybridized carbons (Fsp3) is 0.500. The monoisotopic (exact) mass is 331 g/mol. The van der Waals surface area contributed by atoms with Crippen molar-refractivity contribution < 1.29 is 4.79 Å². The van der Waals surface area contributed by atoms with Crippen LogP contribution in [0.2, 0.25) is 0 Å². The summed E-state index contributed by atoms with van der Waals surface area (Å²) in [6.07, 6.45) is 7.90. The summed E-state index contributed by atoms with van der Waals surface area (Å²) in [4.78, 5) is 27.7. The SMILES string of the molecule is CCCN(C(=O)c1csc(-c2cnccn2)n1)C1CCNCC1. The van der Waals surface area contributed by atoms with Crippen molar-refractivity contribution in [3.05, 3.63) is 29.7 Å². The molecule has 0 aliphatic carbocycles. The van der Waals surface area contributed by atoms with E-state index in [4.69, 9.17) is 0 Å². The van der Waals surface area contributed by atoms with Gasteiger partial charge in [0.1, 0.15) is 16.4 Å². The summed E-state index contributed by atoms with van der Waals surface area (Å²) in [6, 6.07) is 0.311. The van der Waals surface area contributed by atoms with Crippen molar-refractivity contribution in [1.29, 1.82) is 0 Å². The largest absolute Gasteiger partial charge is 0.334 e.